The van der Waals surface area contributed by atoms with Gasteiger partial charge in [-0.3, -0.25) is 0 Å². The van der Waals surface area contributed by atoms with Crippen molar-refractivity contribution in [2.24, 2.45) is 5.73 Å². The molecule has 0 saturated heterocycles. The number of nitrogens with two attached hydrogens (primary N) is 1. The molecule has 0 amide bonds. The summed E-state index contributed by atoms with van der Waals surface area (Å²) in [4.78, 5) is 0. The average molecular weight is 290 g/mol. The highest BCUT2D eigenvalue weighted by atomic mass is 79.9. The van der Waals surface area contributed by atoms with Gasteiger partial charge in [-0.1, -0.05) is 0 Å². The molecule has 0 bridgehead atoms. The summed E-state index contributed by atoms with van der Waals surface area (Å²) in [5.41, 5.74) is 7.46. The molecule has 0 fully saturated rings. The maximum absolute atomic E-state index is 8.80. The van der Waals surface area contributed by atoms with Crippen LogP contribution in [0.25, 0.3) is 0 Å². The Morgan fingerprint density at radius 3 is 2.93 bits per heavy atom. The molecule has 0 saturated carbocycles. The van der Waals surface area contributed by atoms with E-state index in [0.717, 1.165) is 22.2 Å². The van der Waals surface area contributed by atoms with Crippen LogP contribution >= 0.6 is 28.3 Å². The number of benzene rings is 1. The monoisotopic (exact) mass is 288 g/mol. The van der Waals surface area contributed by atoms with E-state index in [1.807, 2.05) is 0 Å². The van der Waals surface area contributed by atoms with Gasteiger partial charge in [0.05, 0.1) is 22.7 Å². The minimum Gasteiger partial charge on any atom is -0.492 e. The highest BCUT2D eigenvalue weighted by molar-refractivity contribution is 9.10. The zero-order chi connectivity index (χ0) is 10.1. The van der Waals surface area contributed by atoms with E-state index in [-0.39, 0.29) is 18.4 Å². The van der Waals surface area contributed by atoms with Gasteiger partial charge in [0, 0.05) is 18.0 Å². The van der Waals surface area contributed by atoms with Gasteiger partial charge in [0.1, 0.15) is 5.75 Å². The second-order valence-corrected chi connectivity index (χ2v) is 4.09. The maximum Gasteiger partial charge on any atom is 0.138 e. The van der Waals surface area contributed by atoms with Crippen LogP contribution in [-0.2, 0) is 0 Å². The summed E-state index contributed by atoms with van der Waals surface area (Å²) in [6.07, 6.45) is 0.800. The Morgan fingerprint density at radius 1 is 1.53 bits per heavy atom. The minimum atomic E-state index is -0.0247. The van der Waals surface area contributed by atoms with E-state index >= 15 is 0 Å². The lowest BCUT2D eigenvalue weighted by atomic mass is 9.99. The molecule has 15 heavy (non-hydrogen) atoms. The van der Waals surface area contributed by atoms with Crippen molar-refractivity contribution in [3.8, 4) is 11.8 Å². The largest absolute Gasteiger partial charge is 0.492 e. The zero-order valence-electron chi connectivity index (χ0n) is 7.87. The Bertz CT molecular complexity index is 417. The third-order valence-corrected chi connectivity index (χ3v) is 2.87. The van der Waals surface area contributed by atoms with Crippen LogP contribution in [0.4, 0.5) is 0 Å². The summed E-state index contributed by atoms with van der Waals surface area (Å²) in [5.74, 6) is 0.780. The third-order valence-electron chi connectivity index (χ3n) is 2.28. The first kappa shape index (κ1) is 12.3. The van der Waals surface area contributed by atoms with Crippen molar-refractivity contribution in [1.29, 1.82) is 5.26 Å². The van der Waals surface area contributed by atoms with Crippen molar-refractivity contribution in [2.75, 3.05) is 6.61 Å². The first-order valence-corrected chi connectivity index (χ1v) is 5.13. The fourth-order valence-corrected chi connectivity index (χ4v) is 2.14. The van der Waals surface area contributed by atoms with E-state index in [0.29, 0.717) is 12.2 Å². The van der Waals surface area contributed by atoms with Crippen molar-refractivity contribution in [1.82, 2.24) is 0 Å². The fraction of sp³-hybridized carbons (Fsp3) is 0.300. The molecular formula is C10H10BrClN2O. The molecule has 0 aliphatic carbocycles. The van der Waals surface area contributed by atoms with E-state index in [9.17, 15) is 0 Å². The van der Waals surface area contributed by atoms with Gasteiger partial charge in [0.25, 0.3) is 0 Å². The van der Waals surface area contributed by atoms with Gasteiger partial charge in [0.2, 0.25) is 0 Å². The van der Waals surface area contributed by atoms with Crippen molar-refractivity contribution >= 4 is 28.3 Å². The van der Waals surface area contributed by atoms with Crippen molar-refractivity contribution < 1.29 is 4.74 Å². The third kappa shape index (κ3) is 2.25. The number of fused-ring (bicyclic) bond motifs is 1. The van der Waals surface area contributed by atoms with E-state index in [4.69, 9.17) is 15.7 Å². The van der Waals surface area contributed by atoms with Crippen LogP contribution in [0.3, 0.4) is 0 Å². The Morgan fingerprint density at radius 2 is 2.27 bits per heavy atom. The predicted octanol–water partition coefficient (Wildman–Crippen LogP) is 2.52. The van der Waals surface area contributed by atoms with Gasteiger partial charge in [-0.05, 0) is 28.1 Å². The minimum absolute atomic E-state index is 0. The van der Waals surface area contributed by atoms with Gasteiger partial charge in [-0.15, -0.1) is 12.4 Å². The first-order valence-electron chi connectivity index (χ1n) is 4.34. The SMILES string of the molecule is Cl.N#Cc1cc(Br)c2c(c1)[C@@H](N)CCO2. The lowest BCUT2D eigenvalue weighted by Gasteiger charge is -2.23. The lowest BCUT2D eigenvalue weighted by molar-refractivity contribution is 0.267. The topological polar surface area (TPSA) is 59.0 Å². The molecule has 0 radical (unpaired) electrons. The average Bonchev–Trinajstić information content (AvgIpc) is 2.19. The molecule has 5 heteroatoms. The van der Waals surface area contributed by atoms with E-state index < -0.39 is 0 Å². The number of nitriles is 1. The molecule has 1 aromatic carbocycles. The number of hydrogen-bond donors (Lipinski definition) is 1. The van der Waals surface area contributed by atoms with Gasteiger partial charge in [0.15, 0.2) is 0 Å². The summed E-state index contributed by atoms with van der Waals surface area (Å²) in [7, 11) is 0. The Labute approximate surface area is 103 Å². The molecule has 0 spiro atoms. The van der Waals surface area contributed by atoms with Crippen LogP contribution in [0, 0.1) is 11.3 Å². The van der Waals surface area contributed by atoms with Crippen LogP contribution in [0.15, 0.2) is 16.6 Å². The smallest absolute Gasteiger partial charge is 0.138 e. The summed E-state index contributed by atoms with van der Waals surface area (Å²) >= 11 is 3.37. The molecule has 0 aromatic heterocycles. The highest BCUT2D eigenvalue weighted by Gasteiger charge is 2.21. The first-order chi connectivity index (χ1) is 6.72. The summed E-state index contributed by atoms with van der Waals surface area (Å²) in [5, 5.41) is 8.80. The molecule has 80 valence electrons. The summed E-state index contributed by atoms with van der Waals surface area (Å²) in [6, 6.07) is 5.62. The van der Waals surface area contributed by atoms with E-state index in [2.05, 4.69) is 22.0 Å². The fourth-order valence-electron chi connectivity index (χ4n) is 1.55. The molecular weight excluding hydrogens is 279 g/mol. The molecule has 2 N–H and O–H groups in total. The van der Waals surface area contributed by atoms with E-state index in [1.54, 1.807) is 12.1 Å². The second-order valence-electron chi connectivity index (χ2n) is 3.23. The van der Waals surface area contributed by atoms with Gasteiger partial charge in [-0.2, -0.15) is 5.26 Å². The molecule has 1 aliphatic heterocycles. The predicted molar refractivity (Wildman–Crippen MR) is 63.1 cm³/mol. The number of rotatable bonds is 0. The normalized spacial score (nSPS) is 18.1. The Hall–Kier alpha value is -0.760. The maximum atomic E-state index is 8.80. The number of nitrogens with zero attached hydrogens (tertiary/aromatic N) is 1. The molecule has 3 nitrogen and oxygen atoms in total. The number of hydrogen-bond acceptors (Lipinski definition) is 3. The Kier molecular flexibility index (Phi) is 3.97. The molecule has 1 atom stereocenters. The van der Waals surface area contributed by atoms with Crippen LogP contribution < -0.4 is 10.5 Å². The quantitative estimate of drug-likeness (QED) is 0.798. The summed E-state index contributed by atoms with van der Waals surface area (Å²) < 4.78 is 6.29. The summed E-state index contributed by atoms with van der Waals surface area (Å²) in [6.45, 7) is 0.638. The lowest BCUT2D eigenvalue weighted by Crippen LogP contribution is -2.21. The molecule has 2 rings (SSSR count). The van der Waals surface area contributed by atoms with Crippen molar-refractivity contribution in [3.05, 3.63) is 27.7 Å². The number of ether oxygens (including phenoxy) is 1. The molecule has 1 aliphatic rings. The van der Waals surface area contributed by atoms with Gasteiger partial charge >= 0.3 is 0 Å². The van der Waals surface area contributed by atoms with Crippen LogP contribution in [0.1, 0.15) is 23.6 Å². The van der Waals surface area contributed by atoms with Gasteiger partial charge in [-0.25, -0.2) is 0 Å². The van der Waals surface area contributed by atoms with Crippen molar-refractivity contribution in [3.63, 3.8) is 0 Å². The zero-order valence-corrected chi connectivity index (χ0v) is 10.3. The van der Waals surface area contributed by atoms with Crippen LogP contribution in [0.5, 0.6) is 5.75 Å². The van der Waals surface area contributed by atoms with E-state index in [1.165, 1.54) is 0 Å². The standard InChI is InChI=1S/C10H9BrN2O.ClH/c11-8-4-6(5-12)3-7-9(13)1-2-14-10(7)8;/h3-4,9H,1-2,13H2;1H/t9-;/m0./s1. The van der Waals surface area contributed by atoms with Crippen LogP contribution in [-0.4, -0.2) is 6.61 Å². The Balaban J connectivity index is 0.00000112. The van der Waals surface area contributed by atoms with Crippen molar-refractivity contribution in [2.45, 2.75) is 12.5 Å². The molecule has 1 aromatic rings. The second kappa shape index (κ2) is 4.84. The number of halogens is 2. The van der Waals surface area contributed by atoms with Crippen LogP contribution in [0.2, 0.25) is 0 Å². The highest BCUT2D eigenvalue weighted by Crippen LogP contribution is 2.37. The molecule has 1 heterocycles. The van der Waals surface area contributed by atoms with Gasteiger partial charge < -0.3 is 10.5 Å². The molecule has 0 unspecified atom stereocenters.